The smallest absolute Gasteiger partial charge is 0.159 e. The third-order valence-electron chi connectivity index (χ3n) is 2.10. The van der Waals surface area contributed by atoms with Gasteiger partial charge in [-0.2, -0.15) is 0 Å². The molecule has 0 spiro atoms. The van der Waals surface area contributed by atoms with Crippen LogP contribution in [0.5, 0.6) is 0 Å². The molecule has 0 fully saturated rings. The van der Waals surface area contributed by atoms with E-state index in [0.29, 0.717) is 6.54 Å². The van der Waals surface area contributed by atoms with Crippen molar-refractivity contribution in [2.45, 2.75) is 26.8 Å². The number of aryl methyl sites for hydroxylation is 1. The van der Waals surface area contributed by atoms with Gasteiger partial charge in [-0.1, -0.05) is 13.0 Å². The third-order valence-corrected chi connectivity index (χ3v) is 2.10. The lowest BCUT2D eigenvalue weighted by atomic mass is 10.0. The predicted octanol–water partition coefficient (Wildman–Crippen LogP) is 1.91. The van der Waals surface area contributed by atoms with E-state index >= 15 is 0 Å². The van der Waals surface area contributed by atoms with Gasteiger partial charge in [-0.05, 0) is 36.6 Å². The molecule has 0 unspecified atom stereocenters. The van der Waals surface area contributed by atoms with E-state index in [1.165, 1.54) is 5.56 Å². The minimum atomic E-state index is 0.102. The van der Waals surface area contributed by atoms with Gasteiger partial charge in [0.1, 0.15) is 0 Å². The van der Waals surface area contributed by atoms with E-state index in [4.69, 9.17) is 5.73 Å². The van der Waals surface area contributed by atoms with Crippen LogP contribution in [0, 0.1) is 0 Å². The van der Waals surface area contributed by atoms with E-state index in [-0.39, 0.29) is 5.78 Å². The van der Waals surface area contributed by atoms with Crippen LogP contribution in [-0.2, 0) is 13.0 Å². The molecule has 0 saturated carbocycles. The fraction of sp³-hybridized carbons (Fsp3) is 0.364. The van der Waals surface area contributed by atoms with Crippen LogP contribution in [0.25, 0.3) is 0 Å². The Morgan fingerprint density at radius 2 is 1.92 bits per heavy atom. The highest BCUT2D eigenvalue weighted by atomic mass is 16.1. The summed E-state index contributed by atoms with van der Waals surface area (Å²) in [7, 11) is 0. The Bertz CT molecular complexity index is 296. The van der Waals surface area contributed by atoms with Crippen LogP contribution in [0.1, 0.15) is 35.3 Å². The van der Waals surface area contributed by atoms with Gasteiger partial charge in [0.05, 0.1) is 0 Å². The second kappa shape index (κ2) is 4.19. The summed E-state index contributed by atoms with van der Waals surface area (Å²) >= 11 is 0. The topological polar surface area (TPSA) is 43.1 Å². The van der Waals surface area contributed by atoms with Crippen molar-refractivity contribution in [3.8, 4) is 0 Å². The van der Waals surface area contributed by atoms with Crippen LogP contribution >= 0.6 is 0 Å². The van der Waals surface area contributed by atoms with E-state index in [9.17, 15) is 4.79 Å². The van der Waals surface area contributed by atoms with Crippen molar-refractivity contribution in [3.63, 3.8) is 0 Å². The van der Waals surface area contributed by atoms with Crippen LogP contribution in [0.15, 0.2) is 18.2 Å². The number of ketones is 1. The minimum Gasteiger partial charge on any atom is -0.326 e. The summed E-state index contributed by atoms with van der Waals surface area (Å²) in [6.07, 6.45) is 0.939. The summed E-state index contributed by atoms with van der Waals surface area (Å²) in [5, 5.41) is 0. The monoisotopic (exact) mass is 177 g/mol. The van der Waals surface area contributed by atoms with Gasteiger partial charge in [0.15, 0.2) is 5.78 Å². The summed E-state index contributed by atoms with van der Waals surface area (Å²) in [6, 6.07) is 5.84. The first-order chi connectivity index (χ1) is 6.17. The van der Waals surface area contributed by atoms with Crippen molar-refractivity contribution in [2.24, 2.45) is 5.73 Å². The van der Waals surface area contributed by atoms with Crippen molar-refractivity contribution in [2.75, 3.05) is 0 Å². The summed E-state index contributed by atoms with van der Waals surface area (Å²) in [6.45, 7) is 4.14. The number of carbonyl (C=O) groups is 1. The SMILES string of the molecule is CCc1cc(CN)cc(C(C)=O)c1. The van der Waals surface area contributed by atoms with Crippen molar-refractivity contribution >= 4 is 5.78 Å². The van der Waals surface area contributed by atoms with E-state index < -0.39 is 0 Å². The molecule has 0 heterocycles. The Morgan fingerprint density at radius 1 is 1.31 bits per heavy atom. The average molecular weight is 177 g/mol. The molecule has 2 N–H and O–H groups in total. The Hall–Kier alpha value is -1.15. The molecular weight excluding hydrogens is 162 g/mol. The third kappa shape index (κ3) is 2.39. The first-order valence-corrected chi connectivity index (χ1v) is 4.51. The van der Waals surface area contributed by atoms with Crippen molar-refractivity contribution < 1.29 is 4.79 Å². The fourth-order valence-electron chi connectivity index (χ4n) is 1.29. The van der Waals surface area contributed by atoms with Crippen LogP contribution in [-0.4, -0.2) is 5.78 Å². The number of nitrogens with two attached hydrogens (primary N) is 1. The average Bonchev–Trinajstić information content (AvgIpc) is 2.16. The number of carbonyl (C=O) groups excluding carboxylic acids is 1. The molecular formula is C11H15NO. The second-order valence-electron chi connectivity index (χ2n) is 3.15. The fourth-order valence-corrected chi connectivity index (χ4v) is 1.29. The highest BCUT2D eigenvalue weighted by Crippen LogP contribution is 2.11. The maximum absolute atomic E-state index is 11.1. The van der Waals surface area contributed by atoms with E-state index in [1.54, 1.807) is 6.92 Å². The zero-order valence-corrected chi connectivity index (χ0v) is 8.13. The molecule has 2 heteroatoms. The quantitative estimate of drug-likeness (QED) is 0.717. The standard InChI is InChI=1S/C11H15NO/c1-3-9-4-10(7-12)6-11(5-9)8(2)13/h4-6H,3,7,12H2,1-2H3. The Morgan fingerprint density at radius 3 is 2.38 bits per heavy atom. The number of Topliss-reactive ketones (excluding diaryl/α,β-unsaturated/α-hetero) is 1. The van der Waals surface area contributed by atoms with E-state index in [1.807, 2.05) is 18.2 Å². The molecule has 1 rings (SSSR count). The number of benzene rings is 1. The Labute approximate surface area is 78.8 Å². The van der Waals surface area contributed by atoms with E-state index in [0.717, 1.165) is 17.5 Å². The first-order valence-electron chi connectivity index (χ1n) is 4.51. The number of rotatable bonds is 3. The molecule has 0 amide bonds. The summed E-state index contributed by atoms with van der Waals surface area (Å²) in [5.74, 6) is 0.102. The zero-order chi connectivity index (χ0) is 9.84. The van der Waals surface area contributed by atoms with Crippen molar-refractivity contribution in [1.82, 2.24) is 0 Å². The molecule has 0 saturated heterocycles. The normalized spacial score (nSPS) is 10.1. The zero-order valence-electron chi connectivity index (χ0n) is 8.13. The van der Waals surface area contributed by atoms with Gasteiger partial charge in [-0.3, -0.25) is 4.79 Å². The molecule has 0 aliphatic rings. The lowest BCUT2D eigenvalue weighted by Crippen LogP contribution is -2.01. The van der Waals surface area contributed by atoms with Crippen molar-refractivity contribution in [1.29, 1.82) is 0 Å². The van der Waals surface area contributed by atoms with Crippen molar-refractivity contribution in [3.05, 3.63) is 34.9 Å². The summed E-state index contributed by atoms with van der Waals surface area (Å²) < 4.78 is 0. The predicted molar refractivity (Wildman–Crippen MR) is 53.7 cm³/mol. The summed E-state index contributed by atoms with van der Waals surface area (Å²) in [5.41, 5.74) is 8.50. The first kappa shape index (κ1) is 9.93. The lowest BCUT2D eigenvalue weighted by molar-refractivity contribution is 0.101. The maximum atomic E-state index is 11.1. The lowest BCUT2D eigenvalue weighted by Gasteiger charge is -2.04. The second-order valence-corrected chi connectivity index (χ2v) is 3.15. The van der Waals surface area contributed by atoms with Gasteiger partial charge >= 0.3 is 0 Å². The van der Waals surface area contributed by atoms with Gasteiger partial charge < -0.3 is 5.73 Å². The molecule has 0 bridgehead atoms. The molecule has 0 aromatic heterocycles. The van der Waals surface area contributed by atoms with Crippen LogP contribution in [0.4, 0.5) is 0 Å². The van der Waals surface area contributed by atoms with Crippen LogP contribution < -0.4 is 5.73 Å². The molecule has 13 heavy (non-hydrogen) atoms. The van der Waals surface area contributed by atoms with Gasteiger partial charge in [-0.15, -0.1) is 0 Å². The largest absolute Gasteiger partial charge is 0.326 e. The van der Waals surface area contributed by atoms with Gasteiger partial charge in [0, 0.05) is 12.1 Å². The van der Waals surface area contributed by atoms with Gasteiger partial charge in [0.2, 0.25) is 0 Å². The highest BCUT2D eigenvalue weighted by Gasteiger charge is 2.02. The molecule has 2 nitrogen and oxygen atoms in total. The molecule has 0 aliphatic heterocycles. The van der Waals surface area contributed by atoms with Gasteiger partial charge in [-0.25, -0.2) is 0 Å². The highest BCUT2D eigenvalue weighted by molar-refractivity contribution is 5.94. The van der Waals surface area contributed by atoms with Crippen LogP contribution in [0.3, 0.4) is 0 Å². The molecule has 1 aromatic rings. The maximum Gasteiger partial charge on any atom is 0.159 e. The van der Waals surface area contributed by atoms with Gasteiger partial charge in [0.25, 0.3) is 0 Å². The molecule has 0 aliphatic carbocycles. The molecule has 1 aromatic carbocycles. The van der Waals surface area contributed by atoms with E-state index in [2.05, 4.69) is 6.92 Å². The molecule has 0 atom stereocenters. The summed E-state index contributed by atoms with van der Waals surface area (Å²) in [4.78, 5) is 11.1. The Kier molecular flexibility index (Phi) is 3.20. The minimum absolute atomic E-state index is 0.102. The number of hydrogen-bond acceptors (Lipinski definition) is 2. The Balaban J connectivity index is 3.14. The molecule has 70 valence electrons. The number of hydrogen-bond donors (Lipinski definition) is 1. The molecule has 0 radical (unpaired) electrons. The van der Waals surface area contributed by atoms with Crippen LogP contribution in [0.2, 0.25) is 0 Å².